The Morgan fingerprint density at radius 1 is 1.08 bits per heavy atom. The van der Waals surface area contributed by atoms with E-state index in [9.17, 15) is 4.79 Å². The fourth-order valence-corrected chi connectivity index (χ4v) is 2.53. The third-order valence-corrected chi connectivity index (χ3v) is 3.77. The molecule has 0 saturated carbocycles. The van der Waals surface area contributed by atoms with Gasteiger partial charge in [-0.2, -0.15) is 5.10 Å². The Hall–Kier alpha value is -3.47. The lowest BCUT2D eigenvalue weighted by Gasteiger charge is -2.01. The first kappa shape index (κ1) is 17.4. The van der Waals surface area contributed by atoms with Crippen molar-refractivity contribution in [2.24, 2.45) is 5.10 Å². The number of rotatable bonds is 5. The van der Waals surface area contributed by atoms with E-state index < -0.39 is 0 Å². The summed E-state index contributed by atoms with van der Waals surface area (Å²) in [6.07, 6.45) is 3.59. The summed E-state index contributed by atoms with van der Waals surface area (Å²) in [5, 5.41) is 8.04. The minimum atomic E-state index is -0.355. The summed E-state index contributed by atoms with van der Waals surface area (Å²) in [6, 6.07) is 19.3. The highest BCUT2D eigenvalue weighted by Crippen LogP contribution is 2.24. The summed E-state index contributed by atoms with van der Waals surface area (Å²) in [5.41, 5.74) is 6.25. The van der Waals surface area contributed by atoms with Crippen LogP contribution in [0.3, 0.4) is 0 Å². The van der Waals surface area contributed by atoms with Crippen molar-refractivity contribution in [2.45, 2.75) is 13.8 Å². The van der Waals surface area contributed by atoms with Gasteiger partial charge in [0.25, 0.3) is 5.91 Å². The Morgan fingerprint density at radius 3 is 2.42 bits per heavy atom. The minimum Gasteiger partial charge on any atom is -0.360 e. The van der Waals surface area contributed by atoms with E-state index in [-0.39, 0.29) is 5.91 Å². The van der Waals surface area contributed by atoms with Crippen LogP contribution in [0.25, 0.3) is 17.3 Å². The molecule has 26 heavy (non-hydrogen) atoms. The summed E-state index contributed by atoms with van der Waals surface area (Å²) in [7, 11) is 0. The number of hydrogen-bond donors (Lipinski definition) is 1. The van der Waals surface area contributed by atoms with Crippen LogP contribution in [-0.4, -0.2) is 17.3 Å². The second kappa shape index (κ2) is 8.07. The van der Waals surface area contributed by atoms with Gasteiger partial charge in [0.05, 0.1) is 6.21 Å². The number of amides is 1. The monoisotopic (exact) mass is 345 g/mol. The maximum Gasteiger partial charge on any atom is 0.277 e. The van der Waals surface area contributed by atoms with Crippen LogP contribution in [-0.2, 0) is 0 Å². The van der Waals surface area contributed by atoms with Crippen molar-refractivity contribution in [2.75, 3.05) is 0 Å². The summed E-state index contributed by atoms with van der Waals surface area (Å²) < 4.78 is 5.20. The third-order valence-electron chi connectivity index (χ3n) is 3.77. The molecule has 0 aliphatic heterocycles. The number of carbonyl (C=O) groups excluding carboxylic acids is 1. The van der Waals surface area contributed by atoms with Gasteiger partial charge in [0.15, 0.2) is 0 Å². The predicted molar refractivity (Wildman–Crippen MR) is 103 cm³/mol. The van der Waals surface area contributed by atoms with Crippen molar-refractivity contribution in [3.63, 3.8) is 0 Å². The molecule has 0 aliphatic carbocycles. The maximum absolute atomic E-state index is 12.5. The van der Waals surface area contributed by atoms with E-state index in [1.165, 1.54) is 0 Å². The molecule has 5 nitrogen and oxygen atoms in total. The topological polar surface area (TPSA) is 67.5 Å². The van der Waals surface area contributed by atoms with Crippen molar-refractivity contribution < 1.29 is 9.32 Å². The molecule has 3 rings (SSSR count). The Bertz CT molecular complexity index is 942. The summed E-state index contributed by atoms with van der Waals surface area (Å²) in [5.74, 6) is 0.0967. The normalized spacial score (nSPS) is 11.7. The number of hydrogen-bond acceptors (Lipinski definition) is 4. The van der Waals surface area contributed by atoms with Crippen molar-refractivity contribution in [1.29, 1.82) is 0 Å². The van der Waals surface area contributed by atoms with Gasteiger partial charge in [-0.3, -0.25) is 4.79 Å². The highest BCUT2D eigenvalue weighted by atomic mass is 16.5. The Labute approximate surface area is 152 Å². The second-order valence-corrected chi connectivity index (χ2v) is 5.83. The van der Waals surface area contributed by atoms with Gasteiger partial charge in [-0.1, -0.05) is 71.9 Å². The molecule has 0 atom stereocenters. The van der Waals surface area contributed by atoms with Gasteiger partial charge in [-0.15, -0.1) is 0 Å². The summed E-state index contributed by atoms with van der Waals surface area (Å²) in [4.78, 5) is 12.5. The number of benzene rings is 2. The van der Waals surface area contributed by atoms with Gasteiger partial charge < -0.3 is 4.52 Å². The van der Waals surface area contributed by atoms with Crippen LogP contribution in [0, 0.1) is 6.92 Å². The molecule has 2 aromatic carbocycles. The van der Waals surface area contributed by atoms with Gasteiger partial charge in [0.1, 0.15) is 17.0 Å². The lowest BCUT2D eigenvalue weighted by molar-refractivity contribution is 0.0954. The fraction of sp³-hybridized carbons (Fsp3) is 0.0952. The van der Waals surface area contributed by atoms with Crippen LogP contribution >= 0.6 is 0 Å². The lowest BCUT2D eigenvalue weighted by atomic mass is 10.1. The Morgan fingerprint density at radius 2 is 1.73 bits per heavy atom. The number of carbonyl (C=O) groups is 1. The van der Waals surface area contributed by atoms with E-state index in [2.05, 4.69) is 15.7 Å². The molecule has 0 unspecified atom stereocenters. The number of aromatic nitrogens is 1. The Balaban J connectivity index is 1.73. The van der Waals surface area contributed by atoms with Crippen molar-refractivity contribution in [1.82, 2.24) is 10.6 Å². The summed E-state index contributed by atoms with van der Waals surface area (Å²) >= 11 is 0. The largest absolute Gasteiger partial charge is 0.360 e. The van der Waals surface area contributed by atoms with Crippen molar-refractivity contribution >= 4 is 18.2 Å². The van der Waals surface area contributed by atoms with E-state index in [0.717, 1.165) is 16.7 Å². The molecule has 130 valence electrons. The number of nitrogens with zero attached hydrogens (tertiary/aromatic N) is 2. The molecule has 0 saturated heterocycles. The van der Waals surface area contributed by atoms with Gasteiger partial charge in [-0.25, -0.2) is 5.43 Å². The van der Waals surface area contributed by atoms with Crippen LogP contribution < -0.4 is 5.43 Å². The first-order chi connectivity index (χ1) is 12.6. The SMILES string of the molecule is CC(C=NNC(=O)c1c(-c2ccccc2)noc1C)=Cc1ccccc1. The van der Waals surface area contributed by atoms with Crippen LogP contribution in [0.5, 0.6) is 0 Å². The molecule has 1 N–H and O–H groups in total. The maximum atomic E-state index is 12.5. The van der Waals surface area contributed by atoms with E-state index in [0.29, 0.717) is 17.0 Å². The molecule has 0 spiro atoms. The van der Waals surface area contributed by atoms with Gasteiger partial charge in [-0.05, 0) is 25.0 Å². The molecule has 0 aliphatic rings. The average molecular weight is 345 g/mol. The molecule has 3 aromatic rings. The minimum absolute atomic E-state index is 0.355. The molecule has 0 bridgehead atoms. The number of nitrogens with one attached hydrogen (secondary N) is 1. The molecule has 0 radical (unpaired) electrons. The van der Waals surface area contributed by atoms with E-state index in [4.69, 9.17) is 4.52 Å². The van der Waals surface area contributed by atoms with Crippen LogP contribution in [0.1, 0.15) is 28.6 Å². The van der Waals surface area contributed by atoms with E-state index >= 15 is 0 Å². The molecule has 5 heteroatoms. The van der Waals surface area contributed by atoms with Gasteiger partial charge in [0, 0.05) is 5.56 Å². The first-order valence-electron chi connectivity index (χ1n) is 8.23. The van der Waals surface area contributed by atoms with Crippen LogP contribution in [0.4, 0.5) is 0 Å². The molecular weight excluding hydrogens is 326 g/mol. The number of allylic oxidation sites excluding steroid dienone is 1. The van der Waals surface area contributed by atoms with Gasteiger partial charge in [0.2, 0.25) is 0 Å². The van der Waals surface area contributed by atoms with Crippen molar-refractivity contribution in [3.05, 3.63) is 83.1 Å². The average Bonchev–Trinajstić information content (AvgIpc) is 3.05. The van der Waals surface area contributed by atoms with Crippen molar-refractivity contribution in [3.8, 4) is 11.3 Å². The highest BCUT2D eigenvalue weighted by Gasteiger charge is 2.21. The molecule has 1 amide bonds. The zero-order valence-corrected chi connectivity index (χ0v) is 14.6. The van der Waals surface area contributed by atoms with Crippen LogP contribution in [0.2, 0.25) is 0 Å². The first-order valence-corrected chi connectivity index (χ1v) is 8.23. The Kier molecular flexibility index (Phi) is 5.39. The van der Waals surface area contributed by atoms with E-state index in [1.54, 1.807) is 13.1 Å². The lowest BCUT2D eigenvalue weighted by Crippen LogP contribution is -2.18. The second-order valence-electron chi connectivity index (χ2n) is 5.83. The standard InChI is InChI=1S/C21H19N3O2/c1-15(13-17-9-5-3-6-10-17)14-22-23-21(25)19-16(2)26-24-20(19)18-11-7-4-8-12-18/h3-14H,1-2H3,(H,23,25). The summed E-state index contributed by atoms with van der Waals surface area (Å²) in [6.45, 7) is 3.63. The molecule has 1 heterocycles. The number of hydrazone groups is 1. The zero-order chi connectivity index (χ0) is 18.4. The number of aryl methyl sites for hydroxylation is 1. The molecule has 1 aromatic heterocycles. The smallest absolute Gasteiger partial charge is 0.277 e. The quantitative estimate of drug-likeness (QED) is 0.548. The fourth-order valence-electron chi connectivity index (χ4n) is 2.53. The molecular formula is C21H19N3O2. The zero-order valence-electron chi connectivity index (χ0n) is 14.6. The third kappa shape index (κ3) is 4.13. The predicted octanol–water partition coefficient (Wildman–Crippen LogP) is 4.47. The van der Waals surface area contributed by atoms with Gasteiger partial charge >= 0.3 is 0 Å². The van der Waals surface area contributed by atoms with Crippen LogP contribution in [0.15, 0.2) is 75.9 Å². The van der Waals surface area contributed by atoms with E-state index in [1.807, 2.05) is 73.7 Å². The molecule has 0 fully saturated rings. The highest BCUT2D eigenvalue weighted by molar-refractivity contribution is 6.01.